The molecule has 0 saturated carbocycles. The van der Waals surface area contributed by atoms with Crippen LogP contribution in [0, 0.1) is 11.6 Å². The van der Waals surface area contributed by atoms with Crippen LogP contribution in [0.5, 0.6) is 5.75 Å². The van der Waals surface area contributed by atoms with Crippen molar-refractivity contribution in [2.75, 3.05) is 37.8 Å². The Balaban J connectivity index is 1.75. The first kappa shape index (κ1) is 19.5. The summed E-state index contributed by atoms with van der Waals surface area (Å²) < 4.78 is 38.9. The molecule has 0 spiro atoms. The van der Waals surface area contributed by atoms with Crippen molar-refractivity contribution in [1.29, 1.82) is 0 Å². The first-order chi connectivity index (χ1) is 13.1. The first-order valence-corrected chi connectivity index (χ1v) is 9.62. The van der Waals surface area contributed by atoms with Crippen molar-refractivity contribution in [1.82, 2.24) is 4.98 Å². The number of hydrogen-bond acceptors (Lipinski definition) is 6. The quantitative estimate of drug-likeness (QED) is 0.693. The minimum Gasteiger partial charge on any atom is -0.490 e. The number of carbonyl (C=O) groups excluding carboxylic acids is 1. The van der Waals surface area contributed by atoms with Gasteiger partial charge in [0.25, 0.3) is 0 Å². The Labute approximate surface area is 159 Å². The normalized spacial score (nSPS) is 14.4. The summed E-state index contributed by atoms with van der Waals surface area (Å²) >= 11 is 1.44. The highest BCUT2D eigenvalue weighted by Gasteiger charge is 2.20. The highest BCUT2D eigenvalue weighted by Crippen LogP contribution is 2.36. The topological polar surface area (TPSA) is 77.7 Å². The predicted octanol–water partition coefficient (Wildman–Crippen LogP) is 2.96. The molecule has 6 nitrogen and oxygen atoms in total. The number of carbonyl (C=O) groups is 1. The maximum Gasteiger partial charge on any atom is 0.217 e. The van der Waals surface area contributed by atoms with Gasteiger partial charge in [0.2, 0.25) is 11.7 Å². The Hall–Kier alpha value is -2.26. The summed E-state index contributed by atoms with van der Waals surface area (Å²) in [6.07, 6.45) is 1.27. The van der Waals surface area contributed by atoms with Gasteiger partial charge in [0, 0.05) is 30.5 Å². The number of aromatic nitrogens is 1. The van der Waals surface area contributed by atoms with Crippen molar-refractivity contribution in [3.63, 3.8) is 0 Å². The lowest BCUT2D eigenvalue weighted by Crippen LogP contribution is -2.36. The summed E-state index contributed by atoms with van der Waals surface area (Å²) in [5.41, 5.74) is 6.02. The van der Waals surface area contributed by atoms with Crippen LogP contribution in [-0.4, -0.2) is 43.8 Å². The van der Waals surface area contributed by atoms with E-state index in [4.69, 9.17) is 15.2 Å². The number of unbranched alkanes of at least 4 members (excludes halogenated alkanes) is 1. The van der Waals surface area contributed by atoms with E-state index in [1.165, 1.54) is 17.4 Å². The van der Waals surface area contributed by atoms with Gasteiger partial charge in [-0.15, -0.1) is 11.3 Å². The van der Waals surface area contributed by atoms with Gasteiger partial charge in [-0.1, -0.05) is 0 Å². The molecule has 1 aliphatic rings. The maximum absolute atomic E-state index is 14.3. The molecule has 2 N–H and O–H groups in total. The van der Waals surface area contributed by atoms with Crippen LogP contribution in [0.3, 0.4) is 0 Å². The average Bonchev–Trinajstić information content (AvgIpc) is 3.15. The van der Waals surface area contributed by atoms with E-state index in [9.17, 15) is 13.6 Å². The number of halogens is 2. The van der Waals surface area contributed by atoms with Crippen LogP contribution in [-0.2, 0) is 9.53 Å². The second-order valence-electron chi connectivity index (χ2n) is 6.12. The van der Waals surface area contributed by atoms with Gasteiger partial charge in [-0.2, -0.15) is 4.39 Å². The summed E-state index contributed by atoms with van der Waals surface area (Å²) in [4.78, 5) is 17.4. The molecule has 1 aromatic heterocycles. The van der Waals surface area contributed by atoms with Crippen LogP contribution in [0.1, 0.15) is 19.3 Å². The van der Waals surface area contributed by atoms with Crippen molar-refractivity contribution in [3.8, 4) is 17.0 Å². The zero-order valence-corrected chi connectivity index (χ0v) is 15.6. The van der Waals surface area contributed by atoms with E-state index in [0.29, 0.717) is 37.3 Å². The Bertz CT molecular complexity index is 794. The standard InChI is InChI=1S/C18H21F2N3O3S/c19-13-5-4-12(17(16(13)20)26-8-2-1-3-15(21)24)14-11-27-18(22-14)23-6-9-25-10-7-23/h4-5,11H,1-3,6-10H2,(H2,21,24). The Morgan fingerprint density at radius 1 is 1.30 bits per heavy atom. The molecule has 0 unspecified atom stereocenters. The fourth-order valence-corrected chi connectivity index (χ4v) is 3.62. The molecule has 0 radical (unpaired) electrons. The number of amides is 1. The molecule has 2 aromatic rings. The van der Waals surface area contributed by atoms with Gasteiger partial charge in [0.05, 0.1) is 25.5 Å². The van der Waals surface area contributed by atoms with Gasteiger partial charge < -0.3 is 20.1 Å². The molecule has 27 heavy (non-hydrogen) atoms. The molecule has 1 aromatic carbocycles. The van der Waals surface area contributed by atoms with Gasteiger partial charge in [0.15, 0.2) is 16.7 Å². The molecule has 0 atom stereocenters. The summed E-state index contributed by atoms with van der Waals surface area (Å²) in [5.74, 6) is -2.57. The van der Waals surface area contributed by atoms with E-state index in [1.54, 1.807) is 5.38 Å². The third-order valence-electron chi connectivity index (χ3n) is 4.16. The monoisotopic (exact) mass is 397 g/mol. The van der Waals surface area contributed by atoms with Gasteiger partial charge in [-0.05, 0) is 25.0 Å². The van der Waals surface area contributed by atoms with Crippen LogP contribution >= 0.6 is 11.3 Å². The number of benzene rings is 1. The molecular weight excluding hydrogens is 376 g/mol. The largest absolute Gasteiger partial charge is 0.490 e. The summed E-state index contributed by atoms with van der Waals surface area (Å²) in [7, 11) is 0. The second kappa shape index (κ2) is 9.09. The van der Waals surface area contributed by atoms with Crippen molar-refractivity contribution in [3.05, 3.63) is 29.1 Å². The number of nitrogens with two attached hydrogens (primary N) is 1. The fourth-order valence-electron chi connectivity index (χ4n) is 2.74. The van der Waals surface area contributed by atoms with Gasteiger partial charge in [0.1, 0.15) is 0 Å². The zero-order chi connectivity index (χ0) is 19.2. The number of primary amides is 1. The molecule has 1 amide bonds. The molecular formula is C18H21F2N3O3S. The molecule has 146 valence electrons. The van der Waals surface area contributed by atoms with Gasteiger partial charge in [-0.25, -0.2) is 9.37 Å². The summed E-state index contributed by atoms with van der Waals surface area (Å²) in [6.45, 7) is 2.92. The number of rotatable bonds is 8. The first-order valence-electron chi connectivity index (χ1n) is 8.74. The SMILES string of the molecule is NC(=O)CCCCOc1c(-c2csc(N3CCOCC3)n2)ccc(F)c1F. The number of morpholine rings is 1. The molecule has 2 heterocycles. The van der Waals surface area contributed by atoms with E-state index in [0.717, 1.165) is 24.3 Å². The summed E-state index contributed by atoms with van der Waals surface area (Å²) in [5, 5.41) is 2.61. The molecule has 1 fully saturated rings. The Morgan fingerprint density at radius 2 is 2.07 bits per heavy atom. The van der Waals surface area contributed by atoms with E-state index >= 15 is 0 Å². The highest BCUT2D eigenvalue weighted by atomic mass is 32.1. The Kier molecular flexibility index (Phi) is 6.57. The van der Waals surface area contributed by atoms with Crippen molar-refractivity contribution in [2.24, 2.45) is 5.73 Å². The zero-order valence-electron chi connectivity index (χ0n) is 14.7. The average molecular weight is 397 g/mol. The van der Waals surface area contributed by atoms with E-state index < -0.39 is 17.5 Å². The van der Waals surface area contributed by atoms with Crippen molar-refractivity contribution in [2.45, 2.75) is 19.3 Å². The number of ether oxygens (including phenoxy) is 2. The van der Waals surface area contributed by atoms with E-state index in [-0.39, 0.29) is 18.8 Å². The molecule has 0 aliphatic carbocycles. The molecule has 1 saturated heterocycles. The number of hydrogen-bond donors (Lipinski definition) is 1. The van der Waals surface area contributed by atoms with Gasteiger partial charge in [-0.3, -0.25) is 4.79 Å². The molecule has 9 heteroatoms. The van der Waals surface area contributed by atoms with Crippen LogP contribution in [0.25, 0.3) is 11.3 Å². The van der Waals surface area contributed by atoms with Crippen LogP contribution in [0.4, 0.5) is 13.9 Å². The summed E-state index contributed by atoms with van der Waals surface area (Å²) in [6, 6.07) is 2.54. The Morgan fingerprint density at radius 3 is 2.81 bits per heavy atom. The fraction of sp³-hybridized carbons (Fsp3) is 0.444. The highest BCUT2D eigenvalue weighted by molar-refractivity contribution is 7.14. The minimum absolute atomic E-state index is 0.154. The number of thiazole rings is 1. The van der Waals surface area contributed by atoms with Crippen LogP contribution in [0.15, 0.2) is 17.5 Å². The van der Waals surface area contributed by atoms with E-state index in [1.807, 2.05) is 0 Å². The molecule has 3 rings (SSSR count). The third kappa shape index (κ3) is 4.92. The molecule has 1 aliphatic heterocycles. The lowest BCUT2D eigenvalue weighted by molar-refractivity contribution is -0.118. The number of nitrogens with zero attached hydrogens (tertiary/aromatic N) is 2. The smallest absolute Gasteiger partial charge is 0.217 e. The van der Waals surface area contributed by atoms with Crippen LogP contribution in [0.2, 0.25) is 0 Å². The van der Waals surface area contributed by atoms with Crippen molar-refractivity contribution >= 4 is 22.4 Å². The van der Waals surface area contributed by atoms with Crippen molar-refractivity contribution < 1.29 is 23.0 Å². The van der Waals surface area contributed by atoms with E-state index in [2.05, 4.69) is 9.88 Å². The second-order valence-corrected chi connectivity index (χ2v) is 6.96. The molecule has 0 bridgehead atoms. The predicted molar refractivity (Wildman–Crippen MR) is 99.0 cm³/mol. The minimum atomic E-state index is -1.04. The lowest BCUT2D eigenvalue weighted by Gasteiger charge is -2.26. The maximum atomic E-state index is 14.3. The van der Waals surface area contributed by atoms with Crippen LogP contribution < -0.4 is 15.4 Å². The number of anilines is 1. The third-order valence-corrected chi connectivity index (χ3v) is 5.06. The van der Waals surface area contributed by atoms with Gasteiger partial charge >= 0.3 is 0 Å². The lowest BCUT2D eigenvalue weighted by atomic mass is 10.1.